The van der Waals surface area contributed by atoms with Crippen LogP contribution in [0.4, 0.5) is 0 Å². The Labute approximate surface area is 146 Å². The van der Waals surface area contributed by atoms with Crippen LogP contribution >= 0.6 is 0 Å². The topological polar surface area (TPSA) is 9.23 Å². The number of benzene rings is 3. The van der Waals surface area contributed by atoms with Crippen molar-refractivity contribution in [2.75, 3.05) is 0 Å². The van der Waals surface area contributed by atoms with Gasteiger partial charge in [0.2, 0.25) is 0 Å². The van der Waals surface area contributed by atoms with Crippen LogP contribution in [0.25, 0.3) is 0 Å². The molecule has 0 heterocycles. The fourth-order valence-electron chi connectivity index (χ4n) is 2.68. The minimum Gasteiger partial charge on any atom is -0.400 e. The molecule has 0 aliphatic carbocycles. The monoisotopic (exact) mass is 331 g/mol. The molecule has 0 N–H and O–H groups in total. The van der Waals surface area contributed by atoms with E-state index in [1.165, 1.54) is 27.1 Å². The third kappa shape index (κ3) is 4.02. The molecule has 0 aromatic heterocycles. The molecule has 3 aromatic carbocycles. The standard InChI is InChI=1S/C22H23OSi/c1-17-9-13-21(14-10-17)24(22-15-11-18(2)12-16-22)23-19(3)20-7-5-4-6-8-20/h4-16,19H,1-3H3. The Morgan fingerprint density at radius 2 is 1.12 bits per heavy atom. The van der Waals surface area contributed by atoms with Crippen molar-refractivity contribution in [3.8, 4) is 0 Å². The first-order chi connectivity index (χ1) is 11.6. The highest BCUT2D eigenvalue weighted by Gasteiger charge is 2.22. The number of hydrogen-bond donors (Lipinski definition) is 0. The molecule has 1 unspecified atom stereocenters. The van der Waals surface area contributed by atoms with Crippen LogP contribution in [0.3, 0.4) is 0 Å². The van der Waals surface area contributed by atoms with Crippen molar-refractivity contribution in [1.82, 2.24) is 0 Å². The molecule has 0 saturated heterocycles. The Hall–Kier alpha value is -2.16. The number of rotatable bonds is 5. The van der Waals surface area contributed by atoms with Crippen molar-refractivity contribution in [2.45, 2.75) is 26.9 Å². The van der Waals surface area contributed by atoms with Gasteiger partial charge in [-0.05, 0) is 36.7 Å². The highest BCUT2D eigenvalue weighted by Crippen LogP contribution is 2.17. The Kier molecular flexibility index (Phi) is 5.29. The lowest BCUT2D eigenvalue weighted by Gasteiger charge is -2.22. The lowest BCUT2D eigenvalue weighted by atomic mass is 10.1. The van der Waals surface area contributed by atoms with E-state index in [0.29, 0.717) is 0 Å². The molecule has 24 heavy (non-hydrogen) atoms. The second-order valence-electron chi connectivity index (χ2n) is 6.23. The van der Waals surface area contributed by atoms with E-state index in [4.69, 9.17) is 4.43 Å². The molecule has 3 rings (SSSR count). The fraction of sp³-hybridized carbons (Fsp3) is 0.182. The van der Waals surface area contributed by atoms with E-state index >= 15 is 0 Å². The van der Waals surface area contributed by atoms with Crippen LogP contribution in [0, 0.1) is 13.8 Å². The van der Waals surface area contributed by atoms with Crippen molar-refractivity contribution >= 4 is 19.4 Å². The van der Waals surface area contributed by atoms with Gasteiger partial charge in [-0.25, -0.2) is 0 Å². The third-order valence-corrected chi connectivity index (χ3v) is 6.50. The molecular weight excluding hydrogens is 308 g/mol. The van der Waals surface area contributed by atoms with Crippen molar-refractivity contribution in [1.29, 1.82) is 0 Å². The molecule has 0 aliphatic heterocycles. The number of hydrogen-bond acceptors (Lipinski definition) is 1. The first-order valence-electron chi connectivity index (χ1n) is 8.36. The van der Waals surface area contributed by atoms with E-state index in [0.717, 1.165) is 0 Å². The molecule has 0 saturated carbocycles. The second kappa shape index (κ2) is 7.60. The van der Waals surface area contributed by atoms with Crippen molar-refractivity contribution in [3.63, 3.8) is 0 Å². The average molecular weight is 332 g/mol. The predicted octanol–water partition coefficient (Wildman–Crippen LogP) is 4.19. The van der Waals surface area contributed by atoms with E-state index in [1.807, 2.05) is 6.07 Å². The first kappa shape index (κ1) is 16.7. The van der Waals surface area contributed by atoms with Gasteiger partial charge in [0.25, 0.3) is 9.04 Å². The smallest absolute Gasteiger partial charge is 0.283 e. The largest absolute Gasteiger partial charge is 0.400 e. The highest BCUT2D eigenvalue weighted by molar-refractivity contribution is 6.80. The molecule has 121 valence electrons. The van der Waals surface area contributed by atoms with E-state index < -0.39 is 9.04 Å². The van der Waals surface area contributed by atoms with Crippen LogP contribution in [0.15, 0.2) is 78.9 Å². The Morgan fingerprint density at radius 3 is 1.58 bits per heavy atom. The van der Waals surface area contributed by atoms with Crippen molar-refractivity contribution in [2.24, 2.45) is 0 Å². The summed E-state index contributed by atoms with van der Waals surface area (Å²) < 4.78 is 6.59. The highest BCUT2D eigenvalue weighted by atomic mass is 28.3. The van der Waals surface area contributed by atoms with E-state index in [9.17, 15) is 0 Å². The molecule has 2 heteroatoms. The molecule has 1 radical (unpaired) electrons. The van der Waals surface area contributed by atoms with Crippen molar-refractivity contribution < 1.29 is 4.43 Å². The van der Waals surface area contributed by atoms with Gasteiger partial charge < -0.3 is 4.43 Å². The van der Waals surface area contributed by atoms with Gasteiger partial charge in [0.1, 0.15) is 0 Å². The van der Waals surface area contributed by atoms with Gasteiger partial charge in [0.05, 0.1) is 6.10 Å². The minimum absolute atomic E-state index is 0.0719. The molecule has 0 spiro atoms. The lowest BCUT2D eigenvalue weighted by Crippen LogP contribution is -2.45. The van der Waals surface area contributed by atoms with Crippen LogP contribution in [-0.2, 0) is 4.43 Å². The average Bonchev–Trinajstić information content (AvgIpc) is 2.62. The van der Waals surface area contributed by atoms with E-state index in [1.54, 1.807) is 0 Å². The first-order valence-corrected chi connectivity index (χ1v) is 9.77. The molecule has 0 bridgehead atoms. The summed E-state index contributed by atoms with van der Waals surface area (Å²) in [6.45, 7) is 6.38. The zero-order valence-corrected chi connectivity index (χ0v) is 15.5. The van der Waals surface area contributed by atoms with Crippen LogP contribution in [0.2, 0.25) is 0 Å². The molecule has 1 atom stereocenters. The fourth-order valence-corrected chi connectivity index (χ4v) is 4.72. The summed E-state index contributed by atoms with van der Waals surface area (Å²) >= 11 is 0. The Bertz CT molecular complexity index is 718. The SMILES string of the molecule is Cc1ccc([Si](OC(C)c2ccccc2)c2ccc(C)cc2)cc1. The van der Waals surface area contributed by atoms with Gasteiger partial charge in [0.15, 0.2) is 0 Å². The maximum Gasteiger partial charge on any atom is 0.283 e. The van der Waals surface area contributed by atoms with Crippen LogP contribution < -0.4 is 10.4 Å². The number of aryl methyl sites for hydroxylation is 2. The van der Waals surface area contributed by atoms with E-state index in [2.05, 4.69) is 93.6 Å². The Balaban J connectivity index is 1.92. The van der Waals surface area contributed by atoms with Gasteiger partial charge >= 0.3 is 0 Å². The summed E-state index contributed by atoms with van der Waals surface area (Å²) in [5.74, 6) is 0. The normalized spacial score (nSPS) is 12.3. The van der Waals surface area contributed by atoms with Gasteiger partial charge in [-0.15, -0.1) is 0 Å². The lowest BCUT2D eigenvalue weighted by molar-refractivity contribution is 0.237. The molecule has 3 aromatic rings. The summed E-state index contributed by atoms with van der Waals surface area (Å²) in [6, 6.07) is 28.0. The molecule has 0 fully saturated rings. The summed E-state index contributed by atoms with van der Waals surface area (Å²) in [6.07, 6.45) is 0.0719. The predicted molar refractivity (Wildman–Crippen MR) is 103 cm³/mol. The minimum atomic E-state index is -1.28. The van der Waals surface area contributed by atoms with E-state index in [-0.39, 0.29) is 6.10 Å². The molecular formula is C22H23OSi. The van der Waals surface area contributed by atoms with Gasteiger partial charge in [-0.3, -0.25) is 0 Å². The van der Waals surface area contributed by atoms with Gasteiger partial charge in [-0.2, -0.15) is 0 Å². The summed E-state index contributed by atoms with van der Waals surface area (Å²) in [4.78, 5) is 0. The van der Waals surface area contributed by atoms with Crippen LogP contribution in [0.5, 0.6) is 0 Å². The zero-order valence-electron chi connectivity index (χ0n) is 14.5. The summed E-state index contributed by atoms with van der Waals surface area (Å²) in [5, 5.41) is 2.58. The molecule has 1 nitrogen and oxygen atoms in total. The maximum atomic E-state index is 6.59. The molecule has 0 amide bonds. The second-order valence-corrected chi connectivity index (χ2v) is 8.28. The summed E-state index contributed by atoms with van der Waals surface area (Å²) in [7, 11) is -1.28. The molecule has 0 aliphatic rings. The van der Waals surface area contributed by atoms with Crippen LogP contribution in [-0.4, -0.2) is 9.04 Å². The summed E-state index contributed by atoms with van der Waals surface area (Å²) in [5.41, 5.74) is 3.78. The maximum absolute atomic E-state index is 6.59. The quantitative estimate of drug-likeness (QED) is 0.637. The third-order valence-electron chi connectivity index (χ3n) is 4.19. The van der Waals surface area contributed by atoms with Gasteiger partial charge in [0, 0.05) is 0 Å². The Morgan fingerprint density at radius 1 is 0.667 bits per heavy atom. The van der Waals surface area contributed by atoms with Gasteiger partial charge in [-0.1, -0.05) is 90.0 Å². The van der Waals surface area contributed by atoms with Crippen LogP contribution in [0.1, 0.15) is 29.7 Å². The van der Waals surface area contributed by atoms with Crippen molar-refractivity contribution in [3.05, 3.63) is 95.6 Å². The zero-order chi connectivity index (χ0) is 16.9.